The summed E-state index contributed by atoms with van der Waals surface area (Å²) in [6.07, 6.45) is 1.24. The van der Waals surface area contributed by atoms with Crippen LogP contribution in [-0.2, 0) is 9.53 Å². The van der Waals surface area contributed by atoms with Crippen molar-refractivity contribution in [1.82, 2.24) is 15.5 Å². The first-order chi connectivity index (χ1) is 10.3. The third kappa shape index (κ3) is 8.19. The molecule has 1 aliphatic rings. The van der Waals surface area contributed by atoms with Crippen molar-refractivity contribution in [3.05, 3.63) is 0 Å². The van der Waals surface area contributed by atoms with E-state index in [-0.39, 0.29) is 5.97 Å². The Morgan fingerprint density at radius 1 is 1.18 bits per heavy atom. The number of hydrogen-bond acceptors (Lipinski definition) is 5. The van der Waals surface area contributed by atoms with Crippen LogP contribution in [0.1, 0.15) is 40.0 Å². The van der Waals surface area contributed by atoms with Crippen molar-refractivity contribution >= 4 is 12.1 Å². The van der Waals surface area contributed by atoms with Gasteiger partial charge in [0.1, 0.15) is 5.60 Å². The van der Waals surface area contributed by atoms with Crippen LogP contribution < -0.4 is 10.6 Å². The molecule has 7 nitrogen and oxygen atoms in total. The summed E-state index contributed by atoms with van der Waals surface area (Å²) in [7, 11) is 0. The lowest BCUT2D eigenvalue weighted by Gasteiger charge is -2.30. The Morgan fingerprint density at radius 3 is 2.36 bits per heavy atom. The van der Waals surface area contributed by atoms with E-state index in [1.54, 1.807) is 0 Å². The van der Waals surface area contributed by atoms with Crippen molar-refractivity contribution in [2.45, 2.75) is 51.7 Å². The van der Waals surface area contributed by atoms with Gasteiger partial charge in [-0.05, 0) is 33.6 Å². The molecule has 0 saturated carbocycles. The number of hydrogen-bond donors (Lipinski definition) is 3. The predicted octanol–water partition coefficient (Wildman–Crippen LogP) is 1.04. The SMILES string of the molecule is CC(C)(C)OC(=O)CCNCCNC1CCN(C(=O)O)CC1. The van der Waals surface area contributed by atoms with Gasteiger partial charge in [0, 0.05) is 38.8 Å². The summed E-state index contributed by atoms with van der Waals surface area (Å²) < 4.78 is 5.22. The van der Waals surface area contributed by atoms with Crippen LogP contribution in [0.15, 0.2) is 0 Å². The van der Waals surface area contributed by atoms with Crippen molar-refractivity contribution in [3.63, 3.8) is 0 Å². The van der Waals surface area contributed by atoms with Gasteiger partial charge < -0.3 is 25.4 Å². The molecule has 0 spiro atoms. The normalized spacial score (nSPS) is 16.6. The fourth-order valence-corrected chi connectivity index (χ4v) is 2.35. The van der Waals surface area contributed by atoms with Crippen molar-refractivity contribution in [2.24, 2.45) is 0 Å². The minimum absolute atomic E-state index is 0.186. The van der Waals surface area contributed by atoms with E-state index in [4.69, 9.17) is 9.84 Å². The van der Waals surface area contributed by atoms with Crippen LogP contribution in [0.25, 0.3) is 0 Å². The first-order valence-corrected chi connectivity index (χ1v) is 7.92. The van der Waals surface area contributed by atoms with Crippen molar-refractivity contribution in [1.29, 1.82) is 0 Å². The molecular formula is C15H29N3O4. The molecule has 22 heavy (non-hydrogen) atoms. The van der Waals surface area contributed by atoms with Crippen LogP contribution in [0, 0.1) is 0 Å². The van der Waals surface area contributed by atoms with Crippen LogP contribution >= 0.6 is 0 Å². The van der Waals surface area contributed by atoms with Gasteiger partial charge >= 0.3 is 12.1 Å². The quantitative estimate of drug-likeness (QED) is 0.480. The molecule has 0 aromatic carbocycles. The van der Waals surface area contributed by atoms with Gasteiger partial charge in [0.05, 0.1) is 6.42 Å². The minimum atomic E-state index is -0.831. The third-order valence-electron chi connectivity index (χ3n) is 3.43. The maximum atomic E-state index is 11.5. The summed E-state index contributed by atoms with van der Waals surface area (Å²) in [5.41, 5.74) is -0.427. The van der Waals surface area contributed by atoms with Crippen molar-refractivity contribution in [3.8, 4) is 0 Å². The monoisotopic (exact) mass is 315 g/mol. The molecular weight excluding hydrogens is 286 g/mol. The standard InChI is InChI=1S/C15H29N3O4/c1-15(2,3)22-13(19)4-7-16-8-9-17-12-5-10-18(11-6-12)14(20)21/h12,16-17H,4-11H2,1-3H3,(H,20,21). The summed E-state index contributed by atoms with van der Waals surface area (Å²) in [5, 5.41) is 15.5. The molecule has 0 radical (unpaired) electrons. The molecule has 1 fully saturated rings. The van der Waals surface area contributed by atoms with E-state index in [1.807, 2.05) is 20.8 Å². The maximum Gasteiger partial charge on any atom is 0.407 e. The van der Waals surface area contributed by atoms with Gasteiger partial charge in [-0.1, -0.05) is 0 Å². The Kier molecular flexibility index (Phi) is 7.61. The molecule has 0 aliphatic carbocycles. The molecule has 1 amide bonds. The highest BCUT2D eigenvalue weighted by atomic mass is 16.6. The predicted molar refractivity (Wildman–Crippen MR) is 84.0 cm³/mol. The average Bonchev–Trinajstić information content (AvgIpc) is 2.41. The van der Waals surface area contributed by atoms with Crippen LogP contribution in [0.3, 0.4) is 0 Å². The van der Waals surface area contributed by atoms with Gasteiger partial charge in [0.25, 0.3) is 0 Å². The maximum absolute atomic E-state index is 11.5. The van der Waals surface area contributed by atoms with Gasteiger partial charge in [-0.3, -0.25) is 4.79 Å². The second-order valence-electron chi connectivity index (χ2n) is 6.58. The molecule has 1 saturated heterocycles. The highest BCUT2D eigenvalue weighted by molar-refractivity contribution is 5.70. The molecule has 1 heterocycles. The number of nitrogens with zero attached hydrogens (tertiary/aromatic N) is 1. The fourth-order valence-electron chi connectivity index (χ4n) is 2.35. The number of piperidine rings is 1. The molecule has 0 aromatic rings. The molecule has 0 unspecified atom stereocenters. The van der Waals surface area contributed by atoms with Gasteiger partial charge in [0.2, 0.25) is 0 Å². The number of amides is 1. The number of ether oxygens (including phenoxy) is 1. The molecule has 128 valence electrons. The van der Waals surface area contributed by atoms with Crippen LogP contribution in [0.4, 0.5) is 4.79 Å². The number of carboxylic acid groups (broad SMARTS) is 1. The van der Waals surface area contributed by atoms with E-state index in [0.717, 1.165) is 25.9 Å². The summed E-state index contributed by atoms with van der Waals surface area (Å²) in [5.74, 6) is -0.186. The molecule has 0 atom stereocenters. The number of carbonyl (C=O) groups is 2. The van der Waals surface area contributed by atoms with E-state index in [0.29, 0.717) is 32.1 Å². The third-order valence-corrected chi connectivity index (χ3v) is 3.43. The van der Waals surface area contributed by atoms with Crippen LogP contribution in [0.5, 0.6) is 0 Å². The van der Waals surface area contributed by atoms with Gasteiger partial charge in [-0.15, -0.1) is 0 Å². The van der Waals surface area contributed by atoms with E-state index in [1.165, 1.54) is 4.90 Å². The van der Waals surface area contributed by atoms with Crippen molar-refractivity contribution < 1.29 is 19.4 Å². The largest absolute Gasteiger partial charge is 0.465 e. The van der Waals surface area contributed by atoms with Gasteiger partial charge in [-0.25, -0.2) is 4.79 Å². The van der Waals surface area contributed by atoms with Crippen LogP contribution in [-0.4, -0.2) is 66.4 Å². The Hall–Kier alpha value is -1.34. The first kappa shape index (κ1) is 18.7. The Balaban J connectivity index is 1.98. The zero-order valence-corrected chi connectivity index (χ0v) is 13.9. The van der Waals surface area contributed by atoms with Crippen LogP contribution in [0.2, 0.25) is 0 Å². The smallest absolute Gasteiger partial charge is 0.407 e. The Morgan fingerprint density at radius 2 is 1.82 bits per heavy atom. The lowest BCUT2D eigenvalue weighted by atomic mass is 10.1. The number of esters is 1. The summed E-state index contributed by atoms with van der Waals surface area (Å²) >= 11 is 0. The second kappa shape index (κ2) is 8.95. The Labute approximate surface area is 132 Å². The Bertz CT molecular complexity index is 360. The summed E-state index contributed by atoms with van der Waals surface area (Å²) in [6.45, 7) is 8.97. The minimum Gasteiger partial charge on any atom is -0.465 e. The zero-order chi connectivity index (χ0) is 16.6. The first-order valence-electron chi connectivity index (χ1n) is 7.92. The lowest BCUT2D eigenvalue weighted by molar-refractivity contribution is -0.154. The molecule has 0 aromatic heterocycles. The van der Waals surface area contributed by atoms with Crippen molar-refractivity contribution in [2.75, 3.05) is 32.7 Å². The number of likely N-dealkylation sites (tertiary alicyclic amines) is 1. The number of rotatable bonds is 7. The van der Waals surface area contributed by atoms with E-state index < -0.39 is 11.7 Å². The molecule has 3 N–H and O–H groups in total. The molecule has 0 bridgehead atoms. The van der Waals surface area contributed by atoms with Gasteiger partial charge in [0.15, 0.2) is 0 Å². The van der Waals surface area contributed by atoms with E-state index in [9.17, 15) is 9.59 Å². The van der Waals surface area contributed by atoms with Gasteiger partial charge in [-0.2, -0.15) is 0 Å². The van der Waals surface area contributed by atoms with E-state index in [2.05, 4.69) is 10.6 Å². The molecule has 7 heteroatoms. The fraction of sp³-hybridized carbons (Fsp3) is 0.867. The number of carbonyl (C=O) groups excluding carboxylic acids is 1. The highest BCUT2D eigenvalue weighted by Crippen LogP contribution is 2.10. The molecule has 1 aliphatic heterocycles. The number of nitrogens with one attached hydrogen (secondary N) is 2. The topological polar surface area (TPSA) is 90.9 Å². The van der Waals surface area contributed by atoms with E-state index >= 15 is 0 Å². The molecule has 1 rings (SSSR count). The lowest BCUT2D eigenvalue weighted by Crippen LogP contribution is -2.45. The summed E-state index contributed by atoms with van der Waals surface area (Å²) in [6, 6.07) is 0.378. The average molecular weight is 315 g/mol. The highest BCUT2D eigenvalue weighted by Gasteiger charge is 2.21. The zero-order valence-electron chi connectivity index (χ0n) is 13.9. The summed E-state index contributed by atoms with van der Waals surface area (Å²) in [4.78, 5) is 23.7. The second-order valence-corrected chi connectivity index (χ2v) is 6.58.